The number of hydrogen-bond acceptors (Lipinski definition) is 5. The van der Waals surface area contributed by atoms with Gasteiger partial charge in [-0.25, -0.2) is 0 Å². The predicted octanol–water partition coefficient (Wildman–Crippen LogP) is 3.35. The third-order valence-electron chi connectivity index (χ3n) is 4.97. The van der Waals surface area contributed by atoms with E-state index in [1.807, 2.05) is 0 Å². The van der Waals surface area contributed by atoms with Crippen molar-refractivity contribution in [2.75, 3.05) is 19.8 Å². The molecule has 5 heteroatoms. The number of allylic oxidation sites excluding steroid dienone is 2. The van der Waals surface area contributed by atoms with Crippen LogP contribution in [0.5, 0.6) is 0 Å². The molecule has 4 atom stereocenters. The van der Waals surface area contributed by atoms with Crippen LogP contribution in [0.25, 0.3) is 0 Å². The molecule has 0 unspecified atom stereocenters. The Hall–Kier alpha value is -0.460. The molecule has 0 aromatic carbocycles. The first-order valence-corrected chi connectivity index (χ1v) is 10.6. The van der Waals surface area contributed by atoms with Crippen LogP contribution in [0.3, 0.4) is 0 Å². The Labute approximate surface area is 159 Å². The Morgan fingerprint density at radius 2 is 1.58 bits per heavy atom. The SMILES string of the molecule is CCCCCCCCC/C=C/CCCCO[C@H](CO)[C@@H]1OC[C@H](O)[C@@H]1O. The molecule has 1 fully saturated rings. The van der Waals surface area contributed by atoms with Gasteiger partial charge in [-0.3, -0.25) is 0 Å². The van der Waals surface area contributed by atoms with Crippen LogP contribution in [0.15, 0.2) is 12.2 Å². The fourth-order valence-electron chi connectivity index (χ4n) is 3.26. The smallest absolute Gasteiger partial charge is 0.114 e. The third-order valence-corrected chi connectivity index (χ3v) is 4.97. The van der Waals surface area contributed by atoms with Crippen molar-refractivity contribution in [3.05, 3.63) is 12.2 Å². The molecule has 1 saturated heterocycles. The fourth-order valence-corrected chi connectivity index (χ4v) is 3.26. The second-order valence-corrected chi connectivity index (χ2v) is 7.32. The Balaban J connectivity index is 1.93. The summed E-state index contributed by atoms with van der Waals surface area (Å²) in [6.45, 7) is 2.66. The van der Waals surface area contributed by atoms with E-state index in [2.05, 4.69) is 19.1 Å². The van der Waals surface area contributed by atoms with E-state index >= 15 is 0 Å². The first kappa shape index (κ1) is 23.6. The van der Waals surface area contributed by atoms with E-state index in [-0.39, 0.29) is 13.2 Å². The molecule has 0 saturated carbocycles. The van der Waals surface area contributed by atoms with Gasteiger partial charge in [0.05, 0.1) is 13.2 Å². The Kier molecular flexibility index (Phi) is 14.1. The van der Waals surface area contributed by atoms with E-state index in [0.717, 1.165) is 19.3 Å². The van der Waals surface area contributed by atoms with Crippen molar-refractivity contribution in [1.29, 1.82) is 0 Å². The zero-order valence-electron chi connectivity index (χ0n) is 16.5. The molecule has 1 aliphatic heterocycles. The summed E-state index contributed by atoms with van der Waals surface area (Å²) < 4.78 is 10.9. The number of rotatable bonds is 16. The summed E-state index contributed by atoms with van der Waals surface area (Å²) >= 11 is 0. The van der Waals surface area contributed by atoms with Gasteiger partial charge >= 0.3 is 0 Å². The summed E-state index contributed by atoms with van der Waals surface area (Å²) in [4.78, 5) is 0. The van der Waals surface area contributed by atoms with E-state index in [1.165, 1.54) is 51.4 Å². The third kappa shape index (κ3) is 10.0. The lowest BCUT2D eigenvalue weighted by atomic mass is 10.1. The largest absolute Gasteiger partial charge is 0.394 e. The van der Waals surface area contributed by atoms with Crippen molar-refractivity contribution in [2.24, 2.45) is 0 Å². The number of aliphatic hydroxyl groups excluding tert-OH is 3. The molecule has 0 spiro atoms. The van der Waals surface area contributed by atoms with E-state index < -0.39 is 24.4 Å². The van der Waals surface area contributed by atoms with E-state index in [1.54, 1.807) is 0 Å². The van der Waals surface area contributed by atoms with Crippen LogP contribution in [-0.2, 0) is 9.47 Å². The summed E-state index contributed by atoms with van der Waals surface area (Å²) in [5.74, 6) is 0. The van der Waals surface area contributed by atoms with Crippen molar-refractivity contribution in [3.63, 3.8) is 0 Å². The van der Waals surface area contributed by atoms with Crippen LogP contribution in [-0.4, -0.2) is 59.6 Å². The molecule has 1 rings (SSSR count). The lowest BCUT2D eigenvalue weighted by molar-refractivity contribution is -0.101. The molecule has 26 heavy (non-hydrogen) atoms. The standard InChI is InChI=1S/C21H40O5/c1-2-3-4-5-6-7-8-9-10-11-12-13-14-15-25-19(16-22)21-20(24)18(23)17-26-21/h10-11,18-24H,2-9,12-17H2,1H3/b11-10+/t18-,19+,20-,21-/m0/s1. The van der Waals surface area contributed by atoms with Crippen LogP contribution in [0, 0.1) is 0 Å². The molecule has 0 aromatic rings. The van der Waals surface area contributed by atoms with Gasteiger partial charge in [-0.05, 0) is 32.1 Å². The highest BCUT2D eigenvalue weighted by Crippen LogP contribution is 2.19. The minimum absolute atomic E-state index is 0.0925. The maximum atomic E-state index is 9.80. The highest BCUT2D eigenvalue weighted by atomic mass is 16.6. The Bertz CT molecular complexity index is 347. The van der Waals surface area contributed by atoms with E-state index in [4.69, 9.17) is 9.47 Å². The van der Waals surface area contributed by atoms with Crippen LogP contribution in [0.2, 0.25) is 0 Å². The zero-order valence-corrected chi connectivity index (χ0v) is 16.5. The summed E-state index contributed by atoms with van der Waals surface area (Å²) in [6.07, 6.45) is 15.1. The molecule has 0 radical (unpaired) electrons. The lowest BCUT2D eigenvalue weighted by Crippen LogP contribution is -2.42. The van der Waals surface area contributed by atoms with Gasteiger partial charge in [0.1, 0.15) is 24.4 Å². The quantitative estimate of drug-likeness (QED) is 0.286. The Morgan fingerprint density at radius 1 is 0.962 bits per heavy atom. The van der Waals surface area contributed by atoms with Crippen LogP contribution >= 0.6 is 0 Å². The molecule has 1 aliphatic rings. The number of unbranched alkanes of at least 4 members (excludes halogenated alkanes) is 9. The molecular weight excluding hydrogens is 332 g/mol. The van der Waals surface area contributed by atoms with Crippen LogP contribution < -0.4 is 0 Å². The number of hydrogen-bond donors (Lipinski definition) is 3. The van der Waals surface area contributed by atoms with E-state index in [0.29, 0.717) is 6.61 Å². The van der Waals surface area contributed by atoms with Gasteiger partial charge in [-0.1, -0.05) is 57.6 Å². The molecule has 0 bridgehead atoms. The van der Waals surface area contributed by atoms with Crippen molar-refractivity contribution >= 4 is 0 Å². The lowest BCUT2D eigenvalue weighted by Gasteiger charge is -2.24. The maximum Gasteiger partial charge on any atom is 0.114 e. The van der Waals surface area contributed by atoms with Gasteiger partial charge in [0.2, 0.25) is 0 Å². The molecule has 1 heterocycles. The topological polar surface area (TPSA) is 79.2 Å². The van der Waals surface area contributed by atoms with Gasteiger partial charge in [0.25, 0.3) is 0 Å². The molecule has 0 amide bonds. The molecule has 3 N–H and O–H groups in total. The van der Waals surface area contributed by atoms with E-state index in [9.17, 15) is 15.3 Å². The second-order valence-electron chi connectivity index (χ2n) is 7.32. The second kappa shape index (κ2) is 15.6. The first-order chi connectivity index (χ1) is 12.7. The monoisotopic (exact) mass is 372 g/mol. The normalized spacial score (nSPS) is 24.5. The average molecular weight is 373 g/mol. The van der Waals surface area contributed by atoms with Crippen molar-refractivity contribution < 1.29 is 24.8 Å². The fraction of sp³-hybridized carbons (Fsp3) is 0.905. The summed E-state index contributed by atoms with van der Waals surface area (Å²) in [5.41, 5.74) is 0. The van der Waals surface area contributed by atoms with Gasteiger partial charge in [-0.2, -0.15) is 0 Å². The highest BCUT2D eigenvalue weighted by molar-refractivity contribution is 4.88. The number of aliphatic hydroxyl groups is 3. The molecule has 0 aliphatic carbocycles. The summed E-state index contributed by atoms with van der Waals surface area (Å²) in [6, 6.07) is 0. The molecule has 154 valence electrons. The molecule has 5 nitrogen and oxygen atoms in total. The van der Waals surface area contributed by atoms with Gasteiger partial charge in [0.15, 0.2) is 0 Å². The minimum atomic E-state index is -0.985. The van der Waals surface area contributed by atoms with Crippen molar-refractivity contribution in [2.45, 2.75) is 102 Å². The summed E-state index contributed by atoms with van der Waals surface area (Å²) in [7, 11) is 0. The predicted molar refractivity (Wildman–Crippen MR) is 104 cm³/mol. The van der Waals surface area contributed by atoms with Crippen LogP contribution in [0.4, 0.5) is 0 Å². The molecular formula is C21H40O5. The average Bonchev–Trinajstić information content (AvgIpc) is 2.98. The van der Waals surface area contributed by atoms with Gasteiger partial charge in [-0.15, -0.1) is 0 Å². The first-order valence-electron chi connectivity index (χ1n) is 10.6. The molecule has 0 aromatic heterocycles. The van der Waals surface area contributed by atoms with Gasteiger partial charge < -0.3 is 24.8 Å². The highest BCUT2D eigenvalue weighted by Gasteiger charge is 2.40. The van der Waals surface area contributed by atoms with Crippen LogP contribution in [0.1, 0.15) is 77.6 Å². The summed E-state index contributed by atoms with van der Waals surface area (Å²) in [5, 5.41) is 28.7. The zero-order chi connectivity index (χ0) is 19.0. The van der Waals surface area contributed by atoms with Crippen molar-refractivity contribution in [3.8, 4) is 0 Å². The Morgan fingerprint density at radius 3 is 2.15 bits per heavy atom. The number of ether oxygens (including phenoxy) is 2. The minimum Gasteiger partial charge on any atom is -0.394 e. The maximum absolute atomic E-state index is 9.80. The van der Waals surface area contributed by atoms with Gasteiger partial charge in [0, 0.05) is 6.61 Å². The van der Waals surface area contributed by atoms with Crippen molar-refractivity contribution in [1.82, 2.24) is 0 Å².